The Morgan fingerprint density at radius 2 is 2.06 bits per heavy atom. The molecule has 4 heteroatoms. The minimum atomic E-state index is -0.990. The summed E-state index contributed by atoms with van der Waals surface area (Å²) in [6, 6.07) is 7.81. The maximum atomic E-state index is 12.2. The van der Waals surface area contributed by atoms with Crippen molar-refractivity contribution in [1.29, 1.82) is 0 Å². The fourth-order valence-corrected chi connectivity index (χ4v) is 3.32. The van der Waals surface area contributed by atoms with Crippen LogP contribution in [0.4, 0.5) is 0 Å². The van der Waals surface area contributed by atoms with Gasteiger partial charge >= 0.3 is 0 Å². The van der Waals surface area contributed by atoms with Crippen LogP contribution in [0.1, 0.15) is 18.4 Å². The largest absolute Gasteiger partial charge is 0.396 e. The highest BCUT2D eigenvalue weighted by Gasteiger charge is 2.23. The van der Waals surface area contributed by atoms with E-state index in [0.29, 0.717) is 12.4 Å². The van der Waals surface area contributed by atoms with E-state index in [1.807, 2.05) is 31.2 Å². The van der Waals surface area contributed by atoms with Crippen LogP contribution in [-0.2, 0) is 15.5 Å². The number of ether oxygens (including phenoxy) is 1. The predicted molar refractivity (Wildman–Crippen MR) is 72.0 cm³/mol. The smallest absolute Gasteiger partial charge is 0.0694 e. The Morgan fingerprint density at radius 1 is 1.33 bits per heavy atom. The van der Waals surface area contributed by atoms with Crippen LogP contribution in [0.5, 0.6) is 0 Å². The van der Waals surface area contributed by atoms with Crippen LogP contribution >= 0.6 is 0 Å². The first-order chi connectivity index (χ1) is 8.69. The molecule has 1 N–H and O–H groups in total. The van der Waals surface area contributed by atoms with Gasteiger partial charge in [-0.1, -0.05) is 17.7 Å². The normalized spacial score (nSPS) is 25.9. The van der Waals surface area contributed by atoms with E-state index in [4.69, 9.17) is 9.84 Å². The molecule has 0 amide bonds. The molecule has 1 unspecified atom stereocenters. The molecule has 1 aliphatic rings. The fraction of sp³-hybridized carbons (Fsp3) is 0.571. The zero-order valence-corrected chi connectivity index (χ0v) is 11.5. The molecule has 0 spiro atoms. The molecule has 1 aromatic carbocycles. The third kappa shape index (κ3) is 3.64. The number of hydrogen-bond donors (Lipinski definition) is 1. The van der Waals surface area contributed by atoms with E-state index in [9.17, 15) is 4.21 Å². The average molecular weight is 268 g/mol. The second-order valence-electron chi connectivity index (χ2n) is 4.91. The minimum absolute atomic E-state index is 0.0648. The molecule has 0 bridgehead atoms. The molecule has 1 aromatic rings. The van der Waals surface area contributed by atoms with Gasteiger partial charge in [-0.15, -0.1) is 0 Å². The molecule has 1 heterocycles. The van der Waals surface area contributed by atoms with Crippen molar-refractivity contribution in [3.8, 4) is 0 Å². The summed E-state index contributed by atoms with van der Waals surface area (Å²) < 4.78 is 17.8. The van der Waals surface area contributed by atoms with Crippen LogP contribution in [0.25, 0.3) is 0 Å². The second kappa shape index (κ2) is 6.45. The van der Waals surface area contributed by atoms with Crippen molar-refractivity contribution in [3.05, 3.63) is 29.8 Å². The van der Waals surface area contributed by atoms with Crippen molar-refractivity contribution in [2.75, 3.05) is 19.0 Å². The Morgan fingerprint density at radius 3 is 2.61 bits per heavy atom. The Kier molecular flexibility index (Phi) is 4.92. The van der Waals surface area contributed by atoms with Gasteiger partial charge in [0.05, 0.1) is 29.3 Å². The molecule has 3 nitrogen and oxygen atoms in total. The van der Waals surface area contributed by atoms with Crippen LogP contribution in [0.15, 0.2) is 29.2 Å². The first-order valence-corrected chi connectivity index (χ1v) is 7.68. The molecule has 0 radical (unpaired) electrons. The molecule has 18 heavy (non-hydrogen) atoms. The standard InChI is InChI=1S/C14H20O3S/c1-11-2-6-14(7-3-11)18(16)10-13-5-4-12(8-15)9-17-13/h2-3,6-7,12-13,15H,4-5,8-10H2,1H3/t12-,13-,18?/m0/s1. The van der Waals surface area contributed by atoms with E-state index in [2.05, 4.69) is 0 Å². The van der Waals surface area contributed by atoms with Gasteiger partial charge in [-0.2, -0.15) is 0 Å². The Labute approximate surface area is 111 Å². The lowest BCUT2D eigenvalue weighted by Crippen LogP contribution is -2.31. The van der Waals surface area contributed by atoms with Gasteiger partial charge in [0.2, 0.25) is 0 Å². The number of aliphatic hydroxyl groups excluding tert-OH is 1. The van der Waals surface area contributed by atoms with Crippen molar-refractivity contribution in [2.45, 2.75) is 30.8 Å². The summed E-state index contributed by atoms with van der Waals surface area (Å²) >= 11 is 0. The molecule has 2 rings (SSSR count). The average Bonchev–Trinajstić information content (AvgIpc) is 2.40. The summed E-state index contributed by atoms with van der Waals surface area (Å²) in [5.41, 5.74) is 1.18. The number of benzene rings is 1. The highest BCUT2D eigenvalue weighted by molar-refractivity contribution is 7.85. The van der Waals surface area contributed by atoms with E-state index in [1.165, 1.54) is 5.56 Å². The summed E-state index contributed by atoms with van der Waals surface area (Å²) in [6.07, 6.45) is 1.92. The van der Waals surface area contributed by atoms with Crippen molar-refractivity contribution in [1.82, 2.24) is 0 Å². The van der Waals surface area contributed by atoms with Crippen LogP contribution in [-0.4, -0.2) is 34.4 Å². The van der Waals surface area contributed by atoms with Gasteiger partial charge < -0.3 is 9.84 Å². The van der Waals surface area contributed by atoms with Crippen LogP contribution < -0.4 is 0 Å². The lowest BCUT2D eigenvalue weighted by atomic mass is 10.0. The van der Waals surface area contributed by atoms with E-state index in [-0.39, 0.29) is 18.6 Å². The summed E-state index contributed by atoms with van der Waals surface area (Å²) in [7, 11) is -0.990. The quantitative estimate of drug-likeness (QED) is 0.907. The van der Waals surface area contributed by atoms with Gasteiger partial charge in [-0.25, -0.2) is 0 Å². The zero-order valence-electron chi connectivity index (χ0n) is 10.7. The third-order valence-electron chi connectivity index (χ3n) is 3.34. The van der Waals surface area contributed by atoms with E-state index in [0.717, 1.165) is 17.7 Å². The maximum absolute atomic E-state index is 12.2. The summed E-state index contributed by atoms with van der Waals surface area (Å²) in [5, 5.41) is 9.02. The van der Waals surface area contributed by atoms with Gasteiger partial charge in [-0.05, 0) is 31.9 Å². The SMILES string of the molecule is Cc1ccc(S(=O)C[C@@H]2CC[C@@H](CO)CO2)cc1. The summed E-state index contributed by atoms with van der Waals surface area (Å²) in [4.78, 5) is 0.869. The first-order valence-electron chi connectivity index (χ1n) is 6.36. The monoisotopic (exact) mass is 268 g/mol. The summed E-state index contributed by atoms with van der Waals surface area (Å²) in [6.45, 7) is 2.80. The van der Waals surface area contributed by atoms with Crippen molar-refractivity contribution >= 4 is 10.8 Å². The zero-order chi connectivity index (χ0) is 13.0. The Balaban J connectivity index is 1.86. The predicted octanol–water partition coefficient (Wildman–Crippen LogP) is 1.89. The minimum Gasteiger partial charge on any atom is -0.396 e. The third-order valence-corrected chi connectivity index (χ3v) is 4.82. The fourth-order valence-electron chi connectivity index (χ4n) is 2.09. The molecular formula is C14H20O3S. The molecule has 1 aliphatic heterocycles. The van der Waals surface area contributed by atoms with Gasteiger partial charge in [0, 0.05) is 17.4 Å². The van der Waals surface area contributed by atoms with Crippen LogP contribution in [0.2, 0.25) is 0 Å². The highest BCUT2D eigenvalue weighted by atomic mass is 32.2. The van der Waals surface area contributed by atoms with Gasteiger partial charge in [0.25, 0.3) is 0 Å². The number of hydrogen-bond acceptors (Lipinski definition) is 3. The van der Waals surface area contributed by atoms with Crippen LogP contribution in [0.3, 0.4) is 0 Å². The second-order valence-corrected chi connectivity index (χ2v) is 6.40. The van der Waals surface area contributed by atoms with Gasteiger partial charge in [0.15, 0.2) is 0 Å². The molecule has 1 saturated heterocycles. The van der Waals surface area contributed by atoms with Crippen molar-refractivity contribution in [3.63, 3.8) is 0 Å². The number of rotatable bonds is 4. The molecule has 0 aliphatic carbocycles. The van der Waals surface area contributed by atoms with Gasteiger partial charge in [0.1, 0.15) is 0 Å². The van der Waals surface area contributed by atoms with Crippen LogP contribution in [0, 0.1) is 12.8 Å². The molecule has 3 atom stereocenters. The summed E-state index contributed by atoms with van der Waals surface area (Å²) in [5.74, 6) is 0.815. The van der Waals surface area contributed by atoms with E-state index < -0.39 is 10.8 Å². The topological polar surface area (TPSA) is 46.5 Å². The lowest BCUT2D eigenvalue weighted by molar-refractivity contribution is -0.0183. The Bertz CT molecular complexity index is 394. The molecular weight excluding hydrogens is 248 g/mol. The first kappa shape index (κ1) is 13.7. The van der Waals surface area contributed by atoms with Gasteiger partial charge in [-0.3, -0.25) is 4.21 Å². The van der Waals surface area contributed by atoms with Crippen molar-refractivity contribution < 1.29 is 14.1 Å². The Hall–Kier alpha value is -0.710. The molecule has 1 fully saturated rings. The molecule has 0 aromatic heterocycles. The van der Waals surface area contributed by atoms with E-state index in [1.54, 1.807) is 0 Å². The maximum Gasteiger partial charge on any atom is 0.0694 e. The number of aryl methyl sites for hydroxylation is 1. The lowest BCUT2D eigenvalue weighted by Gasteiger charge is -2.27. The highest BCUT2D eigenvalue weighted by Crippen LogP contribution is 2.20. The van der Waals surface area contributed by atoms with Crippen molar-refractivity contribution in [2.24, 2.45) is 5.92 Å². The molecule has 0 saturated carbocycles. The number of aliphatic hydroxyl groups is 1. The molecule has 100 valence electrons. The van der Waals surface area contributed by atoms with E-state index >= 15 is 0 Å².